The molecule has 0 atom stereocenters. The monoisotopic (exact) mass is 274 g/mol. The van der Waals surface area contributed by atoms with Crippen molar-refractivity contribution in [3.8, 4) is 10.4 Å². The fourth-order valence-electron chi connectivity index (χ4n) is 1.67. The first-order valence-electron chi connectivity index (χ1n) is 5.80. The molecule has 2 aromatic rings. The van der Waals surface area contributed by atoms with Gasteiger partial charge in [0.25, 0.3) is 0 Å². The number of rotatable bonds is 3. The van der Waals surface area contributed by atoms with E-state index in [1.165, 1.54) is 25.3 Å². The summed E-state index contributed by atoms with van der Waals surface area (Å²) in [4.78, 5) is 24.5. The Kier molecular flexibility index (Phi) is 3.97. The summed E-state index contributed by atoms with van der Waals surface area (Å²) in [6.07, 6.45) is 0. The first-order valence-corrected chi connectivity index (χ1v) is 6.62. The molecule has 0 fully saturated rings. The Bertz CT molecular complexity index is 605. The van der Waals surface area contributed by atoms with Gasteiger partial charge in [0, 0.05) is 18.8 Å². The van der Waals surface area contributed by atoms with Crippen molar-refractivity contribution >= 4 is 28.8 Å². The number of carbonyl (C=O) groups excluding carboxylic acids is 2. The Morgan fingerprint density at radius 1 is 1.16 bits per heavy atom. The first-order chi connectivity index (χ1) is 9.11. The zero-order valence-electron chi connectivity index (χ0n) is 10.7. The van der Waals surface area contributed by atoms with Crippen LogP contribution in [0.4, 0.5) is 10.5 Å². The number of Topliss-reactive ketones (excluding diaryl/α,β-unsaturated/α-hetero) is 1. The minimum absolute atomic E-state index is 0.0569. The van der Waals surface area contributed by atoms with Crippen LogP contribution in [0.25, 0.3) is 10.4 Å². The number of hydrogen-bond acceptors (Lipinski definition) is 3. The van der Waals surface area contributed by atoms with E-state index >= 15 is 0 Å². The molecule has 0 aliphatic carbocycles. The van der Waals surface area contributed by atoms with Gasteiger partial charge in [0.15, 0.2) is 5.78 Å². The van der Waals surface area contributed by atoms with E-state index in [9.17, 15) is 9.59 Å². The van der Waals surface area contributed by atoms with Crippen molar-refractivity contribution in [3.05, 3.63) is 41.3 Å². The van der Waals surface area contributed by atoms with Crippen molar-refractivity contribution in [2.24, 2.45) is 0 Å². The highest BCUT2D eigenvalue weighted by atomic mass is 32.1. The molecule has 2 rings (SSSR count). The van der Waals surface area contributed by atoms with E-state index < -0.39 is 0 Å². The molecule has 0 saturated heterocycles. The van der Waals surface area contributed by atoms with E-state index in [1.54, 1.807) is 0 Å². The predicted octanol–water partition coefficient (Wildman–Crippen LogP) is 3.37. The summed E-state index contributed by atoms with van der Waals surface area (Å²) < 4.78 is 0. The molecule has 1 aromatic heterocycles. The van der Waals surface area contributed by atoms with E-state index in [0.29, 0.717) is 10.6 Å². The fourth-order valence-corrected chi connectivity index (χ4v) is 2.69. The van der Waals surface area contributed by atoms with Crippen molar-refractivity contribution in [1.82, 2.24) is 5.32 Å². The Morgan fingerprint density at radius 3 is 2.42 bits per heavy atom. The summed E-state index contributed by atoms with van der Waals surface area (Å²) in [5.41, 5.74) is 1.58. The van der Waals surface area contributed by atoms with E-state index in [4.69, 9.17) is 0 Å². The lowest BCUT2D eigenvalue weighted by Crippen LogP contribution is -2.24. The lowest BCUT2D eigenvalue weighted by Gasteiger charge is -2.02. The summed E-state index contributed by atoms with van der Waals surface area (Å²) >= 11 is 1.38. The summed E-state index contributed by atoms with van der Waals surface area (Å²) in [6, 6.07) is 11.3. The number of carbonyl (C=O) groups is 2. The van der Waals surface area contributed by atoms with Gasteiger partial charge in [0.05, 0.1) is 10.6 Å². The van der Waals surface area contributed by atoms with E-state index in [0.717, 1.165) is 10.4 Å². The van der Waals surface area contributed by atoms with Crippen LogP contribution in [0.3, 0.4) is 0 Å². The standard InChI is InChI=1S/C14H14N2O2S/c1-9(17)13-11(16-14(18)15-2)8-12(19-13)10-6-4-3-5-7-10/h3-8H,1-2H3,(H2,15,16,18). The second-order valence-electron chi connectivity index (χ2n) is 3.98. The van der Waals surface area contributed by atoms with Gasteiger partial charge in [-0.1, -0.05) is 30.3 Å². The molecule has 1 aromatic carbocycles. The van der Waals surface area contributed by atoms with E-state index in [1.807, 2.05) is 36.4 Å². The van der Waals surface area contributed by atoms with Crippen LogP contribution in [-0.4, -0.2) is 18.9 Å². The second kappa shape index (κ2) is 5.67. The van der Waals surface area contributed by atoms with Gasteiger partial charge in [-0.05, 0) is 11.6 Å². The molecule has 19 heavy (non-hydrogen) atoms. The molecule has 0 bridgehead atoms. The number of nitrogens with one attached hydrogen (secondary N) is 2. The lowest BCUT2D eigenvalue weighted by atomic mass is 10.2. The predicted molar refractivity (Wildman–Crippen MR) is 77.8 cm³/mol. The molecule has 0 saturated carbocycles. The highest BCUT2D eigenvalue weighted by Gasteiger charge is 2.15. The van der Waals surface area contributed by atoms with Gasteiger partial charge < -0.3 is 10.6 Å². The second-order valence-corrected chi connectivity index (χ2v) is 5.03. The van der Waals surface area contributed by atoms with Crippen LogP contribution >= 0.6 is 11.3 Å². The van der Waals surface area contributed by atoms with Crippen molar-refractivity contribution in [3.63, 3.8) is 0 Å². The molecular formula is C14H14N2O2S. The van der Waals surface area contributed by atoms with Crippen LogP contribution in [0.5, 0.6) is 0 Å². The van der Waals surface area contributed by atoms with Crippen molar-refractivity contribution < 1.29 is 9.59 Å². The maximum Gasteiger partial charge on any atom is 0.319 e. The molecule has 0 unspecified atom stereocenters. The number of amides is 2. The largest absolute Gasteiger partial charge is 0.341 e. The summed E-state index contributed by atoms with van der Waals surface area (Å²) in [5.74, 6) is -0.0569. The fraction of sp³-hybridized carbons (Fsp3) is 0.143. The number of thiophene rings is 1. The summed E-state index contributed by atoms with van der Waals surface area (Å²) in [5, 5.41) is 5.14. The molecule has 0 spiro atoms. The Hall–Kier alpha value is -2.14. The van der Waals surface area contributed by atoms with Gasteiger partial charge in [-0.25, -0.2) is 4.79 Å². The van der Waals surface area contributed by atoms with Gasteiger partial charge >= 0.3 is 6.03 Å². The topological polar surface area (TPSA) is 58.2 Å². The molecule has 2 N–H and O–H groups in total. The number of hydrogen-bond donors (Lipinski definition) is 2. The molecule has 2 amide bonds. The molecule has 1 heterocycles. The van der Waals surface area contributed by atoms with E-state index in [2.05, 4.69) is 10.6 Å². The SMILES string of the molecule is CNC(=O)Nc1cc(-c2ccccc2)sc1C(C)=O. The molecule has 0 radical (unpaired) electrons. The zero-order chi connectivity index (χ0) is 13.8. The molecule has 0 aliphatic heterocycles. The number of ketones is 1. The minimum atomic E-state index is -0.333. The van der Waals surface area contributed by atoms with Crippen molar-refractivity contribution in [1.29, 1.82) is 0 Å². The molecule has 5 heteroatoms. The smallest absolute Gasteiger partial charge is 0.319 e. The number of anilines is 1. The van der Waals surface area contributed by atoms with Gasteiger partial charge in [0.1, 0.15) is 0 Å². The summed E-state index contributed by atoms with van der Waals surface area (Å²) in [6.45, 7) is 1.50. The molecule has 98 valence electrons. The highest BCUT2D eigenvalue weighted by molar-refractivity contribution is 7.18. The van der Waals surface area contributed by atoms with Crippen LogP contribution in [0, 0.1) is 0 Å². The zero-order valence-corrected chi connectivity index (χ0v) is 11.5. The maximum atomic E-state index is 11.6. The minimum Gasteiger partial charge on any atom is -0.341 e. The van der Waals surface area contributed by atoms with Gasteiger partial charge in [-0.15, -0.1) is 11.3 Å². The van der Waals surface area contributed by atoms with Crippen molar-refractivity contribution in [2.75, 3.05) is 12.4 Å². The van der Waals surface area contributed by atoms with Crippen LogP contribution in [0.2, 0.25) is 0 Å². The molecule has 4 nitrogen and oxygen atoms in total. The first kappa shape index (κ1) is 13.3. The van der Waals surface area contributed by atoms with Gasteiger partial charge in [-0.3, -0.25) is 4.79 Å². The number of benzene rings is 1. The average Bonchev–Trinajstić information content (AvgIpc) is 2.83. The van der Waals surface area contributed by atoms with Gasteiger partial charge in [0.2, 0.25) is 0 Å². The quantitative estimate of drug-likeness (QED) is 0.843. The third kappa shape index (κ3) is 3.00. The third-order valence-electron chi connectivity index (χ3n) is 2.59. The van der Waals surface area contributed by atoms with Gasteiger partial charge in [-0.2, -0.15) is 0 Å². The normalized spacial score (nSPS) is 10.0. The van der Waals surface area contributed by atoms with E-state index in [-0.39, 0.29) is 11.8 Å². The van der Waals surface area contributed by atoms with Crippen LogP contribution in [0.1, 0.15) is 16.6 Å². The Labute approximate surface area is 115 Å². The Morgan fingerprint density at radius 2 is 1.84 bits per heavy atom. The Balaban J connectivity index is 2.41. The molecular weight excluding hydrogens is 260 g/mol. The van der Waals surface area contributed by atoms with Crippen LogP contribution in [-0.2, 0) is 0 Å². The maximum absolute atomic E-state index is 11.6. The summed E-state index contributed by atoms with van der Waals surface area (Å²) in [7, 11) is 1.53. The molecule has 0 aliphatic rings. The number of urea groups is 1. The van der Waals surface area contributed by atoms with Crippen LogP contribution < -0.4 is 10.6 Å². The van der Waals surface area contributed by atoms with Crippen molar-refractivity contribution in [2.45, 2.75) is 6.92 Å². The average molecular weight is 274 g/mol. The van der Waals surface area contributed by atoms with Crippen LogP contribution in [0.15, 0.2) is 36.4 Å². The highest BCUT2D eigenvalue weighted by Crippen LogP contribution is 2.34. The third-order valence-corrected chi connectivity index (χ3v) is 3.87. The lowest BCUT2D eigenvalue weighted by molar-refractivity contribution is 0.102.